The van der Waals surface area contributed by atoms with Crippen molar-refractivity contribution in [3.8, 4) is 11.4 Å². The SMILES string of the molecule is CC1(C)CCC(C)(C)c2cc(-c3nccc(N4CCC(N)C4)n3)ccc21. The molecule has 0 spiro atoms. The highest BCUT2D eigenvalue weighted by molar-refractivity contribution is 5.61. The van der Waals surface area contributed by atoms with Gasteiger partial charge in [-0.2, -0.15) is 0 Å². The summed E-state index contributed by atoms with van der Waals surface area (Å²) in [5, 5.41) is 0. The summed E-state index contributed by atoms with van der Waals surface area (Å²) in [7, 11) is 0. The zero-order valence-electron chi connectivity index (χ0n) is 16.4. The van der Waals surface area contributed by atoms with Gasteiger partial charge in [0.1, 0.15) is 5.82 Å². The highest BCUT2D eigenvalue weighted by Crippen LogP contribution is 2.46. The van der Waals surface area contributed by atoms with Crippen LogP contribution in [0, 0.1) is 0 Å². The van der Waals surface area contributed by atoms with Crippen molar-refractivity contribution in [1.82, 2.24) is 9.97 Å². The summed E-state index contributed by atoms with van der Waals surface area (Å²) < 4.78 is 0. The second kappa shape index (κ2) is 6.05. The first kappa shape index (κ1) is 17.5. The Labute approximate surface area is 156 Å². The van der Waals surface area contributed by atoms with Crippen LogP contribution in [0.1, 0.15) is 58.1 Å². The normalized spacial score (nSPS) is 23.7. The van der Waals surface area contributed by atoms with Crippen molar-refractivity contribution < 1.29 is 0 Å². The first-order valence-corrected chi connectivity index (χ1v) is 9.75. The van der Waals surface area contributed by atoms with Crippen LogP contribution in [0.3, 0.4) is 0 Å². The molecule has 1 aliphatic carbocycles. The van der Waals surface area contributed by atoms with Crippen molar-refractivity contribution in [2.75, 3.05) is 18.0 Å². The van der Waals surface area contributed by atoms with Crippen molar-refractivity contribution in [3.63, 3.8) is 0 Å². The first-order valence-electron chi connectivity index (χ1n) is 9.75. The van der Waals surface area contributed by atoms with E-state index in [9.17, 15) is 0 Å². The average molecular weight is 351 g/mol. The van der Waals surface area contributed by atoms with E-state index in [1.165, 1.54) is 24.0 Å². The molecule has 0 bridgehead atoms. The van der Waals surface area contributed by atoms with E-state index in [1.807, 2.05) is 12.3 Å². The molecule has 4 nitrogen and oxygen atoms in total. The molecule has 4 rings (SSSR count). The van der Waals surface area contributed by atoms with Crippen LogP contribution in [0.15, 0.2) is 30.5 Å². The van der Waals surface area contributed by atoms with Gasteiger partial charge in [0.05, 0.1) is 0 Å². The lowest BCUT2D eigenvalue weighted by Crippen LogP contribution is -2.33. The summed E-state index contributed by atoms with van der Waals surface area (Å²) in [6.45, 7) is 11.3. The van der Waals surface area contributed by atoms with Gasteiger partial charge in [0.15, 0.2) is 5.82 Å². The third-order valence-electron chi connectivity index (χ3n) is 6.30. The molecule has 138 valence electrons. The Kier molecular flexibility index (Phi) is 4.07. The second-order valence-corrected chi connectivity index (χ2v) is 9.26. The summed E-state index contributed by atoms with van der Waals surface area (Å²) in [5.74, 6) is 1.80. The van der Waals surface area contributed by atoms with Gasteiger partial charge in [-0.15, -0.1) is 0 Å². The molecule has 0 radical (unpaired) electrons. The number of nitrogens with two attached hydrogens (primary N) is 1. The Morgan fingerprint density at radius 3 is 2.46 bits per heavy atom. The largest absolute Gasteiger partial charge is 0.355 e. The van der Waals surface area contributed by atoms with Crippen LogP contribution < -0.4 is 10.6 Å². The minimum Gasteiger partial charge on any atom is -0.355 e. The molecule has 1 fully saturated rings. The van der Waals surface area contributed by atoms with Gasteiger partial charge in [-0.25, -0.2) is 9.97 Å². The standard InChI is InChI=1S/C22H30N4/c1-21(2)9-10-22(3,4)18-13-15(5-6-17(18)21)20-24-11-7-19(25-20)26-12-8-16(23)14-26/h5-7,11,13,16H,8-10,12,14,23H2,1-4H3. The number of nitrogens with zero attached hydrogens (tertiary/aromatic N) is 3. The number of benzene rings is 1. The fourth-order valence-electron chi connectivity index (χ4n) is 4.39. The van der Waals surface area contributed by atoms with Gasteiger partial charge in [0.25, 0.3) is 0 Å². The number of hydrogen-bond donors (Lipinski definition) is 1. The van der Waals surface area contributed by atoms with E-state index in [2.05, 4.69) is 55.8 Å². The molecule has 4 heteroatoms. The molecule has 0 amide bonds. The summed E-state index contributed by atoms with van der Waals surface area (Å²) in [4.78, 5) is 11.7. The van der Waals surface area contributed by atoms with E-state index in [-0.39, 0.29) is 16.9 Å². The minimum absolute atomic E-state index is 0.195. The second-order valence-electron chi connectivity index (χ2n) is 9.26. The van der Waals surface area contributed by atoms with Crippen LogP contribution in [0.2, 0.25) is 0 Å². The molecule has 2 N–H and O–H groups in total. The van der Waals surface area contributed by atoms with Crippen molar-refractivity contribution >= 4 is 5.82 Å². The van der Waals surface area contributed by atoms with Crippen LogP contribution in [-0.2, 0) is 10.8 Å². The fraction of sp³-hybridized carbons (Fsp3) is 0.545. The average Bonchev–Trinajstić information content (AvgIpc) is 3.05. The van der Waals surface area contributed by atoms with Crippen LogP contribution in [0.25, 0.3) is 11.4 Å². The molecule has 1 atom stereocenters. The van der Waals surface area contributed by atoms with E-state index in [4.69, 9.17) is 10.7 Å². The number of aromatic nitrogens is 2. The van der Waals surface area contributed by atoms with Crippen molar-refractivity contribution in [2.45, 2.75) is 63.8 Å². The maximum atomic E-state index is 6.06. The fourth-order valence-corrected chi connectivity index (χ4v) is 4.39. The monoisotopic (exact) mass is 350 g/mol. The van der Waals surface area contributed by atoms with Gasteiger partial charge in [0.2, 0.25) is 0 Å². The molecule has 1 aromatic heterocycles. The zero-order valence-corrected chi connectivity index (χ0v) is 16.4. The number of anilines is 1. The van der Waals surface area contributed by atoms with E-state index >= 15 is 0 Å². The number of fused-ring (bicyclic) bond motifs is 1. The summed E-state index contributed by atoms with van der Waals surface area (Å²) in [5.41, 5.74) is 10.5. The topological polar surface area (TPSA) is 55.0 Å². The molecule has 1 aliphatic heterocycles. The maximum absolute atomic E-state index is 6.06. The Bertz CT molecular complexity index is 825. The molecule has 1 unspecified atom stereocenters. The molecular formula is C22H30N4. The van der Waals surface area contributed by atoms with Gasteiger partial charge in [0, 0.05) is 30.9 Å². The molecule has 0 saturated carbocycles. The molecular weight excluding hydrogens is 320 g/mol. The van der Waals surface area contributed by atoms with Gasteiger partial charge in [-0.3, -0.25) is 0 Å². The summed E-state index contributed by atoms with van der Waals surface area (Å²) in [6.07, 6.45) is 5.34. The highest BCUT2D eigenvalue weighted by Gasteiger charge is 2.37. The molecule has 2 aromatic rings. The van der Waals surface area contributed by atoms with Gasteiger partial charge in [-0.05, 0) is 53.4 Å². The Morgan fingerprint density at radius 1 is 1.04 bits per heavy atom. The predicted octanol–water partition coefficient (Wildman–Crippen LogP) is 4.03. The van der Waals surface area contributed by atoms with Crippen LogP contribution >= 0.6 is 0 Å². The Balaban J connectivity index is 1.73. The lowest BCUT2D eigenvalue weighted by atomic mass is 9.63. The van der Waals surface area contributed by atoms with Crippen LogP contribution in [0.5, 0.6) is 0 Å². The molecule has 2 aliphatic rings. The van der Waals surface area contributed by atoms with Crippen molar-refractivity contribution in [3.05, 3.63) is 41.6 Å². The zero-order chi connectivity index (χ0) is 18.5. The van der Waals surface area contributed by atoms with E-state index in [0.717, 1.165) is 36.7 Å². The molecule has 26 heavy (non-hydrogen) atoms. The lowest BCUT2D eigenvalue weighted by Gasteiger charge is -2.42. The quantitative estimate of drug-likeness (QED) is 0.888. The summed E-state index contributed by atoms with van der Waals surface area (Å²) in [6, 6.07) is 9.06. The number of hydrogen-bond acceptors (Lipinski definition) is 4. The first-order chi connectivity index (χ1) is 12.3. The Hall–Kier alpha value is -1.94. The van der Waals surface area contributed by atoms with Gasteiger partial charge in [-0.1, -0.05) is 39.8 Å². The van der Waals surface area contributed by atoms with Crippen molar-refractivity contribution in [2.24, 2.45) is 5.73 Å². The van der Waals surface area contributed by atoms with Crippen LogP contribution in [-0.4, -0.2) is 29.1 Å². The lowest BCUT2D eigenvalue weighted by molar-refractivity contribution is 0.332. The maximum Gasteiger partial charge on any atom is 0.161 e. The van der Waals surface area contributed by atoms with E-state index < -0.39 is 0 Å². The summed E-state index contributed by atoms with van der Waals surface area (Å²) >= 11 is 0. The van der Waals surface area contributed by atoms with E-state index in [1.54, 1.807) is 0 Å². The minimum atomic E-state index is 0.195. The molecule has 1 aromatic carbocycles. The third-order valence-corrected chi connectivity index (χ3v) is 6.30. The van der Waals surface area contributed by atoms with Crippen molar-refractivity contribution in [1.29, 1.82) is 0 Å². The van der Waals surface area contributed by atoms with Crippen LogP contribution in [0.4, 0.5) is 5.82 Å². The Morgan fingerprint density at radius 2 is 1.77 bits per heavy atom. The molecule has 2 heterocycles. The van der Waals surface area contributed by atoms with Gasteiger partial charge >= 0.3 is 0 Å². The highest BCUT2D eigenvalue weighted by atomic mass is 15.2. The van der Waals surface area contributed by atoms with E-state index in [0.29, 0.717) is 0 Å². The van der Waals surface area contributed by atoms with Gasteiger partial charge < -0.3 is 10.6 Å². The molecule has 1 saturated heterocycles. The predicted molar refractivity (Wildman–Crippen MR) is 108 cm³/mol. The smallest absolute Gasteiger partial charge is 0.161 e. The third kappa shape index (κ3) is 3.01. The number of rotatable bonds is 2.